The highest BCUT2D eigenvalue weighted by Gasteiger charge is 2.19. The van der Waals surface area contributed by atoms with Gasteiger partial charge in [0.05, 0.1) is 6.61 Å². The van der Waals surface area contributed by atoms with Crippen LogP contribution >= 0.6 is 0 Å². The Bertz CT molecular complexity index is 339. The molecule has 1 fully saturated rings. The molecule has 0 unspecified atom stereocenters. The third-order valence-corrected chi connectivity index (χ3v) is 2.90. The Morgan fingerprint density at radius 2 is 2.12 bits per heavy atom. The molecule has 0 radical (unpaired) electrons. The summed E-state index contributed by atoms with van der Waals surface area (Å²) in [7, 11) is 0. The third-order valence-electron chi connectivity index (χ3n) is 2.90. The summed E-state index contributed by atoms with van der Waals surface area (Å²) in [4.78, 5) is 0. The van der Waals surface area contributed by atoms with Gasteiger partial charge in [0.25, 0.3) is 0 Å². The van der Waals surface area contributed by atoms with Crippen LogP contribution in [0.5, 0.6) is 5.75 Å². The van der Waals surface area contributed by atoms with Crippen molar-refractivity contribution in [3.8, 4) is 5.75 Å². The number of benzene rings is 1. The molecule has 1 N–H and O–H groups in total. The van der Waals surface area contributed by atoms with E-state index in [1.807, 2.05) is 0 Å². The van der Waals surface area contributed by atoms with E-state index in [9.17, 15) is 4.39 Å². The van der Waals surface area contributed by atoms with Gasteiger partial charge in [0.15, 0.2) is 0 Å². The Morgan fingerprint density at radius 3 is 2.88 bits per heavy atom. The Kier molecular flexibility index (Phi) is 4.80. The first-order valence-electron chi connectivity index (χ1n) is 6.46. The second-order valence-electron chi connectivity index (χ2n) is 4.59. The molecule has 0 bridgehead atoms. The van der Waals surface area contributed by atoms with E-state index in [2.05, 4.69) is 5.32 Å². The second-order valence-corrected chi connectivity index (χ2v) is 4.59. The molecule has 3 heteroatoms. The molecule has 0 spiro atoms. The first-order valence-corrected chi connectivity index (χ1v) is 6.46. The summed E-state index contributed by atoms with van der Waals surface area (Å²) < 4.78 is 18.3. The van der Waals surface area contributed by atoms with Gasteiger partial charge in [-0.25, -0.2) is 4.39 Å². The maximum absolute atomic E-state index is 12.8. The van der Waals surface area contributed by atoms with Crippen molar-refractivity contribution in [1.29, 1.82) is 0 Å². The summed E-state index contributed by atoms with van der Waals surface area (Å²) in [6, 6.07) is 7.12. The second kappa shape index (κ2) is 6.60. The lowest BCUT2D eigenvalue weighted by molar-refractivity contribution is 0.303. The van der Waals surface area contributed by atoms with Gasteiger partial charge in [0.2, 0.25) is 0 Å². The summed E-state index contributed by atoms with van der Waals surface area (Å²) in [6.45, 7) is 1.79. The van der Waals surface area contributed by atoms with Crippen LogP contribution in [0.2, 0.25) is 0 Å². The van der Waals surface area contributed by atoms with E-state index in [0.29, 0.717) is 12.4 Å². The molecule has 1 aromatic carbocycles. The van der Waals surface area contributed by atoms with Gasteiger partial charge in [0.1, 0.15) is 11.6 Å². The molecular weight excluding hydrogens is 217 g/mol. The van der Waals surface area contributed by atoms with Gasteiger partial charge in [0, 0.05) is 12.1 Å². The van der Waals surface area contributed by atoms with Crippen LogP contribution in [0.25, 0.3) is 0 Å². The highest BCUT2D eigenvalue weighted by molar-refractivity contribution is 5.22. The monoisotopic (exact) mass is 237 g/mol. The Morgan fingerprint density at radius 1 is 1.24 bits per heavy atom. The van der Waals surface area contributed by atoms with Gasteiger partial charge < -0.3 is 10.1 Å². The van der Waals surface area contributed by atoms with Gasteiger partial charge in [-0.3, -0.25) is 0 Å². The minimum absolute atomic E-state index is 0.240. The molecular formula is C14H20FNO. The van der Waals surface area contributed by atoms with Crippen LogP contribution in [-0.4, -0.2) is 19.2 Å². The van der Waals surface area contributed by atoms with E-state index in [1.54, 1.807) is 12.1 Å². The van der Waals surface area contributed by atoms with Gasteiger partial charge >= 0.3 is 0 Å². The van der Waals surface area contributed by atoms with Crippen LogP contribution in [0.15, 0.2) is 24.3 Å². The normalized spacial score (nSPS) is 14.9. The molecule has 0 heterocycles. The number of hydrogen-bond acceptors (Lipinski definition) is 2. The quantitative estimate of drug-likeness (QED) is 0.701. The topological polar surface area (TPSA) is 21.3 Å². The fourth-order valence-corrected chi connectivity index (χ4v) is 1.74. The SMILES string of the molecule is Fc1cccc(OCCCCCNC2CC2)c1. The lowest BCUT2D eigenvalue weighted by Crippen LogP contribution is -2.17. The van der Waals surface area contributed by atoms with Gasteiger partial charge in [-0.2, -0.15) is 0 Å². The van der Waals surface area contributed by atoms with Crippen LogP contribution in [-0.2, 0) is 0 Å². The first kappa shape index (κ1) is 12.4. The molecule has 0 atom stereocenters. The van der Waals surface area contributed by atoms with Crippen molar-refractivity contribution in [3.63, 3.8) is 0 Å². The molecule has 0 amide bonds. The molecule has 0 saturated heterocycles. The minimum Gasteiger partial charge on any atom is -0.493 e. The zero-order chi connectivity index (χ0) is 11.9. The highest BCUT2D eigenvalue weighted by atomic mass is 19.1. The van der Waals surface area contributed by atoms with Gasteiger partial charge in [-0.15, -0.1) is 0 Å². The van der Waals surface area contributed by atoms with E-state index in [1.165, 1.54) is 31.4 Å². The molecule has 2 nitrogen and oxygen atoms in total. The maximum atomic E-state index is 12.8. The van der Waals surface area contributed by atoms with E-state index < -0.39 is 0 Å². The fourth-order valence-electron chi connectivity index (χ4n) is 1.74. The standard InChI is InChI=1S/C14H20FNO/c15-12-5-4-6-14(11-12)17-10-3-1-2-9-16-13-7-8-13/h4-6,11,13,16H,1-3,7-10H2. The number of rotatable bonds is 8. The van der Waals surface area contributed by atoms with E-state index >= 15 is 0 Å². The van der Waals surface area contributed by atoms with Crippen molar-refractivity contribution in [3.05, 3.63) is 30.1 Å². The average Bonchev–Trinajstić information content (AvgIpc) is 3.12. The Balaban J connectivity index is 1.47. The predicted molar refractivity (Wildman–Crippen MR) is 66.8 cm³/mol. The molecule has 2 rings (SSSR count). The van der Waals surface area contributed by atoms with Gasteiger partial charge in [-0.1, -0.05) is 6.07 Å². The summed E-state index contributed by atoms with van der Waals surface area (Å²) >= 11 is 0. The molecule has 1 aliphatic rings. The fraction of sp³-hybridized carbons (Fsp3) is 0.571. The van der Waals surface area contributed by atoms with Crippen molar-refractivity contribution < 1.29 is 9.13 Å². The highest BCUT2D eigenvalue weighted by Crippen LogP contribution is 2.18. The van der Waals surface area contributed by atoms with Crippen LogP contribution in [0.1, 0.15) is 32.1 Å². The minimum atomic E-state index is -0.240. The van der Waals surface area contributed by atoms with Crippen molar-refractivity contribution >= 4 is 0 Å². The van der Waals surface area contributed by atoms with Crippen LogP contribution in [0.4, 0.5) is 4.39 Å². The van der Waals surface area contributed by atoms with Crippen molar-refractivity contribution in [2.45, 2.75) is 38.1 Å². The molecule has 94 valence electrons. The number of hydrogen-bond donors (Lipinski definition) is 1. The summed E-state index contributed by atoms with van der Waals surface area (Å²) in [5, 5.41) is 3.48. The van der Waals surface area contributed by atoms with Gasteiger partial charge in [-0.05, 0) is 50.8 Å². The first-order chi connectivity index (χ1) is 8.34. The number of unbranched alkanes of at least 4 members (excludes halogenated alkanes) is 2. The van der Waals surface area contributed by atoms with Crippen LogP contribution in [0, 0.1) is 5.82 Å². The lowest BCUT2D eigenvalue weighted by Gasteiger charge is -2.06. The molecule has 17 heavy (non-hydrogen) atoms. The summed E-state index contributed by atoms with van der Waals surface area (Å²) in [6.07, 6.45) is 6.09. The van der Waals surface area contributed by atoms with Crippen molar-refractivity contribution in [2.24, 2.45) is 0 Å². The Hall–Kier alpha value is -1.09. The third kappa shape index (κ3) is 5.18. The Labute approximate surface area is 102 Å². The summed E-state index contributed by atoms with van der Waals surface area (Å²) in [5.74, 6) is 0.386. The lowest BCUT2D eigenvalue weighted by atomic mass is 10.2. The number of nitrogens with one attached hydrogen (secondary N) is 1. The van der Waals surface area contributed by atoms with Crippen molar-refractivity contribution in [1.82, 2.24) is 5.32 Å². The largest absolute Gasteiger partial charge is 0.493 e. The van der Waals surface area contributed by atoms with E-state index in [-0.39, 0.29) is 5.82 Å². The predicted octanol–water partition coefficient (Wildman–Crippen LogP) is 3.13. The smallest absolute Gasteiger partial charge is 0.126 e. The molecule has 0 aromatic heterocycles. The zero-order valence-electron chi connectivity index (χ0n) is 10.1. The van der Waals surface area contributed by atoms with Crippen LogP contribution in [0.3, 0.4) is 0 Å². The zero-order valence-corrected chi connectivity index (χ0v) is 10.1. The van der Waals surface area contributed by atoms with E-state index in [4.69, 9.17) is 4.74 Å². The number of halogens is 1. The molecule has 1 aromatic rings. The van der Waals surface area contributed by atoms with Crippen molar-refractivity contribution in [2.75, 3.05) is 13.2 Å². The maximum Gasteiger partial charge on any atom is 0.126 e. The molecule has 1 aliphatic carbocycles. The molecule has 1 saturated carbocycles. The van der Waals surface area contributed by atoms with E-state index in [0.717, 1.165) is 25.4 Å². The number of ether oxygens (including phenoxy) is 1. The molecule has 0 aliphatic heterocycles. The van der Waals surface area contributed by atoms with Crippen LogP contribution < -0.4 is 10.1 Å². The summed E-state index contributed by atoms with van der Waals surface area (Å²) in [5.41, 5.74) is 0. The average molecular weight is 237 g/mol.